The van der Waals surface area contributed by atoms with Crippen molar-refractivity contribution in [2.24, 2.45) is 5.92 Å². The van der Waals surface area contributed by atoms with E-state index in [0.29, 0.717) is 12.5 Å². The number of halogens is 1. The summed E-state index contributed by atoms with van der Waals surface area (Å²) in [6, 6.07) is 6.17. The van der Waals surface area contributed by atoms with E-state index in [2.05, 4.69) is 29.3 Å². The average molecular weight is 297 g/mol. The lowest BCUT2D eigenvalue weighted by molar-refractivity contribution is 0.263. The summed E-state index contributed by atoms with van der Waals surface area (Å²) in [4.78, 5) is 2.43. The van der Waals surface area contributed by atoms with Crippen LogP contribution < -0.4 is 10.2 Å². The molecule has 4 heteroatoms. The molecule has 1 atom stereocenters. The number of benzene rings is 1. The Kier molecular flexibility index (Phi) is 6.14. The first kappa shape index (κ1) is 15.6. The Labute approximate surface area is 126 Å². The van der Waals surface area contributed by atoms with Crippen molar-refractivity contribution >= 4 is 17.3 Å². The van der Waals surface area contributed by atoms with Gasteiger partial charge >= 0.3 is 0 Å². The highest BCUT2D eigenvalue weighted by Crippen LogP contribution is 2.30. The number of rotatable bonds is 7. The van der Waals surface area contributed by atoms with Gasteiger partial charge in [0, 0.05) is 37.0 Å². The molecule has 2 rings (SSSR count). The van der Waals surface area contributed by atoms with Crippen LogP contribution in [-0.4, -0.2) is 31.3 Å². The second kappa shape index (κ2) is 7.87. The van der Waals surface area contributed by atoms with Gasteiger partial charge in [-0.2, -0.15) is 0 Å². The van der Waals surface area contributed by atoms with Crippen LogP contribution in [0.25, 0.3) is 0 Å². The van der Waals surface area contributed by atoms with Crippen LogP contribution in [0.3, 0.4) is 0 Å². The Bertz CT molecular complexity index is 425. The van der Waals surface area contributed by atoms with Crippen molar-refractivity contribution < 1.29 is 5.11 Å². The van der Waals surface area contributed by atoms with E-state index in [4.69, 9.17) is 16.7 Å². The zero-order valence-corrected chi connectivity index (χ0v) is 13.0. The highest BCUT2D eigenvalue weighted by molar-refractivity contribution is 6.30. The highest BCUT2D eigenvalue weighted by Gasteiger charge is 2.23. The Hall–Kier alpha value is -0.770. The number of aliphatic hydroxyl groups is 1. The van der Waals surface area contributed by atoms with Crippen LogP contribution in [0.2, 0.25) is 5.02 Å². The van der Waals surface area contributed by atoms with E-state index in [1.165, 1.54) is 17.7 Å². The number of aliphatic hydroxyl groups excluding tert-OH is 1. The predicted molar refractivity (Wildman–Crippen MR) is 85.5 cm³/mol. The van der Waals surface area contributed by atoms with Gasteiger partial charge in [-0.05, 0) is 55.5 Å². The molecule has 2 N–H and O–H groups in total. The zero-order valence-electron chi connectivity index (χ0n) is 12.2. The standard InChI is InChI=1S/C16H25ClN2O/c1-2-7-18-11-14-10-15(17)3-4-16(14)19-8-5-13(12-19)6-9-20/h3-4,10,13,18,20H,2,5-9,11-12H2,1H3. The van der Waals surface area contributed by atoms with Crippen molar-refractivity contribution in [1.82, 2.24) is 5.32 Å². The fourth-order valence-electron chi connectivity index (χ4n) is 2.87. The highest BCUT2D eigenvalue weighted by atomic mass is 35.5. The molecule has 112 valence electrons. The first-order valence-corrected chi connectivity index (χ1v) is 7.97. The number of nitrogens with one attached hydrogen (secondary N) is 1. The lowest BCUT2D eigenvalue weighted by Gasteiger charge is -2.22. The van der Waals surface area contributed by atoms with Gasteiger partial charge < -0.3 is 15.3 Å². The lowest BCUT2D eigenvalue weighted by atomic mass is 10.1. The number of nitrogens with zero attached hydrogens (tertiary/aromatic N) is 1. The maximum absolute atomic E-state index is 9.07. The molecule has 0 spiro atoms. The van der Waals surface area contributed by atoms with E-state index >= 15 is 0 Å². The van der Waals surface area contributed by atoms with Crippen LogP contribution in [0.4, 0.5) is 5.69 Å². The Morgan fingerprint density at radius 3 is 3.05 bits per heavy atom. The van der Waals surface area contributed by atoms with Crippen molar-refractivity contribution in [3.8, 4) is 0 Å². The first-order valence-electron chi connectivity index (χ1n) is 7.59. The van der Waals surface area contributed by atoms with Crippen LogP contribution in [-0.2, 0) is 6.54 Å². The molecule has 0 amide bonds. The van der Waals surface area contributed by atoms with E-state index in [1.807, 2.05) is 6.07 Å². The predicted octanol–water partition coefficient (Wildman–Crippen LogP) is 3.05. The molecule has 1 aromatic carbocycles. The van der Waals surface area contributed by atoms with Crippen LogP contribution >= 0.6 is 11.6 Å². The van der Waals surface area contributed by atoms with Gasteiger partial charge in [-0.25, -0.2) is 0 Å². The molecule has 0 aromatic heterocycles. The van der Waals surface area contributed by atoms with Crippen molar-refractivity contribution in [1.29, 1.82) is 0 Å². The quantitative estimate of drug-likeness (QED) is 0.759. The van der Waals surface area contributed by atoms with Gasteiger partial charge in [0.1, 0.15) is 0 Å². The summed E-state index contributed by atoms with van der Waals surface area (Å²) in [6.07, 6.45) is 3.22. The van der Waals surface area contributed by atoms with Crippen LogP contribution in [0.15, 0.2) is 18.2 Å². The SMILES string of the molecule is CCCNCc1cc(Cl)ccc1N1CCC(CCO)C1. The number of hydrogen-bond acceptors (Lipinski definition) is 3. The minimum absolute atomic E-state index is 0.296. The second-order valence-electron chi connectivity index (χ2n) is 5.56. The fourth-order valence-corrected chi connectivity index (χ4v) is 3.07. The topological polar surface area (TPSA) is 35.5 Å². The van der Waals surface area contributed by atoms with Gasteiger partial charge in [0.25, 0.3) is 0 Å². The Balaban J connectivity index is 2.06. The summed E-state index contributed by atoms with van der Waals surface area (Å²) in [5.41, 5.74) is 2.56. The molecule has 1 aliphatic heterocycles. The third-order valence-corrected chi connectivity index (χ3v) is 4.18. The Morgan fingerprint density at radius 1 is 1.45 bits per heavy atom. The summed E-state index contributed by atoms with van der Waals surface area (Å²) in [5, 5.41) is 13.3. The largest absolute Gasteiger partial charge is 0.396 e. The molecule has 0 saturated carbocycles. The zero-order chi connectivity index (χ0) is 14.4. The van der Waals surface area contributed by atoms with Gasteiger partial charge in [0.15, 0.2) is 0 Å². The molecule has 1 aliphatic rings. The Morgan fingerprint density at radius 2 is 2.30 bits per heavy atom. The van der Waals surface area contributed by atoms with Crippen molar-refractivity contribution in [3.63, 3.8) is 0 Å². The summed E-state index contributed by atoms with van der Waals surface area (Å²) in [5.74, 6) is 0.618. The normalized spacial score (nSPS) is 18.8. The van der Waals surface area contributed by atoms with Crippen molar-refractivity contribution in [2.75, 3.05) is 31.1 Å². The molecule has 1 unspecified atom stereocenters. The van der Waals surface area contributed by atoms with Crippen LogP contribution in [0.1, 0.15) is 31.7 Å². The third-order valence-electron chi connectivity index (χ3n) is 3.95. The second-order valence-corrected chi connectivity index (χ2v) is 6.00. The molecule has 3 nitrogen and oxygen atoms in total. The molecule has 1 heterocycles. The van der Waals surface area contributed by atoms with Crippen LogP contribution in [0, 0.1) is 5.92 Å². The third kappa shape index (κ3) is 4.11. The molecule has 0 radical (unpaired) electrons. The molecule has 1 aromatic rings. The van der Waals surface area contributed by atoms with Crippen molar-refractivity contribution in [2.45, 2.75) is 32.7 Å². The van der Waals surface area contributed by atoms with Gasteiger partial charge in [0.05, 0.1) is 0 Å². The summed E-state index contributed by atoms with van der Waals surface area (Å²) in [6.45, 7) is 6.48. The van der Waals surface area contributed by atoms with Gasteiger partial charge in [-0.15, -0.1) is 0 Å². The molecule has 1 saturated heterocycles. The smallest absolute Gasteiger partial charge is 0.0434 e. The molecule has 20 heavy (non-hydrogen) atoms. The maximum Gasteiger partial charge on any atom is 0.0434 e. The monoisotopic (exact) mass is 296 g/mol. The van der Waals surface area contributed by atoms with E-state index in [-0.39, 0.29) is 0 Å². The summed E-state index contributed by atoms with van der Waals surface area (Å²) < 4.78 is 0. The average Bonchev–Trinajstić information content (AvgIpc) is 2.88. The first-order chi connectivity index (χ1) is 9.74. The fraction of sp³-hybridized carbons (Fsp3) is 0.625. The molecular weight excluding hydrogens is 272 g/mol. The van der Waals surface area contributed by atoms with Crippen molar-refractivity contribution in [3.05, 3.63) is 28.8 Å². The van der Waals surface area contributed by atoms with E-state index in [1.54, 1.807) is 0 Å². The lowest BCUT2D eigenvalue weighted by Crippen LogP contribution is -2.23. The van der Waals surface area contributed by atoms with Gasteiger partial charge in [0.2, 0.25) is 0 Å². The van der Waals surface area contributed by atoms with E-state index in [0.717, 1.165) is 44.0 Å². The minimum atomic E-state index is 0.296. The maximum atomic E-state index is 9.07. The molecule has 0 aliphatic carbocycles. The minimum Gasteiger partial charge on any atom is -0.396 e. The van der Waals surface area contributed by atoms with Gasteiger partial charge in [-0.3, -0.25) is 0 Å². The number of anilines is 1. The summed E-state index contributed by atoms with van der Waals surface area (Å²) >= 11 is 6.14. The molecule has 0 bridgehead atoms. The summed E-state index contributed by atoms with van der Waals surface area (Å²) in [7, 11) is 0. The number of hydrogen-bond donors (Lipinski definition) is 2. The van der Waals surface area contributed by atoms with E-state index < -0.39 is 0 Å². The van der Waals surface area contributed by atoms with Crippen LogP contribution in [0.5, 0.6) is 0 Å². The molecular formula is C16H25ClN2O. The molecule has 1 fully saturated rings. The van der Waals surface area contributed by atoms with Gasteiger partial charge in [-0.1, -0.05) is 18.5 Å². The van der Waals surface area contributed by atoms with E-state index in [9.17, 15) is 0 Å².